The Balaban J connectivity index is 2.89. The van der Waals surface area contributed by atoms with E-state index in [2.05, 4.69) is 0 Å². The molecular weight excluding hydrogens is 260 g/mol. The van der Waals surface area contributed by atoms with Crippen molar-refractivity contribution >= 4 is 9.84 Å². The molecule has 0 spiro atoms. The van der Waals surface area contributed by atoms with E-state index in [9.17, 15) is 17.2 Å². The van der Waals surface area contributed by atoms with Crippen molar-refractivity contribution in [3.05, 3.63) is 35.9 Å². The average Bonchev–Trinajstić information content (AvgIpc) is 2.29. The first kappa shape index (κ1) is 15.0. The van der Waals surface area contributed by atoms with Gasteiger partial charge in [0.25, 0.3) is 5.92 Å². The summed E-state index contributed by atoms with van der Waals surface area (Å²) in [4.78, 5) is 0. The number of benzene rings is 1. The number of sulfone groups is 1. The minimum atomic E-state index is -3.86. The number of rotatable bonds is 6. The molecule has 1 aromatic carbocycles. The maximum absolute atomic E-state index is 13.8. The molecule has 6 heteroatoms. The predicted octanol–water partition coefficient (Wildman–Crippen LogP) is 1.93. The van der Waals surface area contributed by atoms with Gasteiger partial charge in [-0.3, -0.25) is 0 Å². The normalized spacial score (nSPS) is 14.4. The summed E-state index contributed by atoms with van der Waals surface area (Å²) in [6.07, 6.45) is 0.188. The molecule has 0 aliphatic carbocycles. The monoisotopic (exact) mass is 277 g/mol. The number of alkyl halides is 2. The van der Waals surface area contributed by atoms with Gasteiger partial charge in [0.1, 0.15) is 5.75 Å². The van der Waals surface area contributed by atoms with Gasteiger partial charge in [-0.05, 0) is 19.9 Å². The highest BCUT2D eigenvalue weighted by Crippen LogP contribution is 2.30. The SMILES string of the molecule is CC(CCN)S(=O)(=O)CC(F)(F)c1ccccc1. The third kappa shape index (κ3) is 3.74. The molecule has 1 aromatic rings. The zero-order valence-electron chi connectivity index (χ0n) is 10.1. The van der Waals surface area contributed by atoms with Gasteiger partial charge in [0.05, 0.1) is 5.25 Å². The molecule has 0 amide bonds. The van der Waals surface area contributed by atoms with Gasteiger partial charge in [-0.1, -0.05) is 30.3 Å². The summed E-state index contributed by atoms with van der Waals surface area (Å²) < 4.78 is 51.2. The van der Waals surface area contributed by atoms with Crippen molar-refractivity contribution in [3.63, 3.8) is 0 Å². The smallest absolute Gasteiger partial charge is 0.287 e. The number of hydrogen-bond acceptors (Lipinski definition) is 3. The first-order valence-electron chi connectivity index (χ1n) is 5.64. The second kappa shape index (κ2) is 5.75. The van der Waals surface area contributed by atoms with E-state index in [1.165, 1.54) is 31.2 Å². The van der Waals surface area contributed by atoms with Gasteiger partial charge in [-0.15, -0.1) is 0 Å². The van der Waals surface area contributed by atoms with Crippen molar-refractivity contribution < 1.29 is 17.2 Å². The van der Waals surface area contributed by atoms with E-state index in [4.69, 9.17) is 5.73 Å². The first-order chi connectivity index (χ1) is 8.29. The average molecular weight is 277 g/mol. The summed E-state index contributed by atoms with van der Waals surface area (Å²) in [7, 11) is -3.86. The van der Waals surface area contributed by atoms with Crippen LogP contribution in [0.2, 0.25) is 0 Å². The molecule has 0 aliphatic rings. The molecule has 0 radical (unpaired) electrons. The van der Waals surface area contributed by atoms with Gasteiger partial charge in [-0.2, -0.15) is 0 Å². The molecule has 18 heavy (non-hydrogen) atoms. The minimum Gasteiger partial charge on any atom is -0.330 e. The van der Waals surface area contributed by atoms with Gasteiger partial charge in [0, 0.05) is 5.56 Å². The summed E-state index contributed by atoms with van der Waals surface area (Å²) in [5.41, 5.74) is 4.97. The molecule has 0 aromatic heterocycles. The second-order valence-electron chi connectivity index (χ2n) is 4.27. The Morgan fingerprint density at radius 3 is 2.33 bits per heavy atom. The Bertz CT molecular complexity index is 474. The maximum atomic E-state index is 13.8. The Kier molecular flexibility index (Phi) is 4.81. The lowest BCUT2D eigenvalue weighted by Crippen LogP contribution is -2.32. The van der Waals surface area contributed by atoms with E-state index in [1.807, 2.05) is 0 Å². The number of halogens is 2. The molecule has 0 heterocycles. The summed E-state index contributed by atoms with van der Waals surface area (Å²) in [6, 6.07) is 6.97. The van der Waals surface area contributed by atoms with Crippen LogP contribution in [-0.2, 0) is 15.8 Å². The van der Waals surface area contributed by atoms with Crippen LogP contribution in [0.4, 0.5) is 8.78 Å². The fraction of sp³-hybridized carbons (Fsp3) is 0.500. The molecule has 0 fully saturated rings. The van der Waals surface area contributed by atoms with Crippen LogP contribution in [0, 0.1) is 0 Å². The van der Waals surface area contributed by atoms with Gasteiger partial charge < -0.3 is 5.73 Å². The van der Waals surface area contributed by atoms with E-state index >= 15 is 0 Å². The molecule has 1 atom stereocenters. The summed E-state index contributed by atoms with van der Waals surface area (Å²) >= 11 is 0. The highest BCUT2D eigenvalue weighted by molar-refractivity contribution is 7.92. The van der Waals surface area contributed by atoms with Crippen LogP contribution in [0.5, 0.6) is 0 Å². The van der Waals surface area contributed by atoms with Crippen molar-refractivity contribution in [2.24, 2.45) is 5.73 Å². The molecular formula is C12H17F2NO2S. The van der Waals surface area contributed by atoms with Gasteiger partial charge in [-0.25, -0.2) is 17.2 Å². The highest BCUT2D eigenvalue weighted by Gasteiger charge is 2.39. The van der Waals surface area contributed by atoms with Crippen LogP contribution in [0.15, 0.2) is 30.3 Å². The van der Waals surface area contributed by atoms with Gasteiger partial charge >= 0.3 is 0 Å². The first-order valence-corrected chi connectivity index (χ1v) is 7.36. The fourth-order valence-corrected chi connectivity index (χ4v) is 3.03. The summed E-state index contributed by atoms with van der Waals surface area (Å²) in [6.45, 7) is 1.57. The van der Waals surface area contributed by atoms with Crippen LogP contribution >= 0.6 is 0 Å². The van der Waals surface area contributed by atoms with E-state index in [0.29, 0.717) is 0 Å². The zero-order valence-corrected chi connectivity index (χ0v) is 11.0. The number of hydrogen-bond donors (Lipinski definition) is 1. The van der Waals surface area contributed by atoms with E-state index in [-0.39, 0.29) is 18.5 Å². The third-order valence-corrected chi connectivity index (χ3v) is 4.99. The van der Waals surface area contributed by atoms with Crippen molar-refractivity contribution in [2.45, 2.75) is 24.5 Å². The molecule has 0 bridgehead atoms. The topological polar surface area (TPSA) is 60.2 Å². The molecule has 0 saturated heterocycles. The molecule has 0 saturated carbocycles. The standard InChI is InChI=1S/C12H17F2NO2S/c1-10(7-8-15)18(16,17)9-12(13,14)11-5-3-2-4-6-11/h2-6,10H,7-9,15H2,1H3. The van der Waals surface area contributed by atoms with Crippen molar-refractivity contribution in [2.75, 3.05) is 12.3 Å². The minimum absolute atomic E-state index is 0.164. The lowest BCUT2D eigenvalue weighted by molar-refractivity contribution is 0.0211. The van der Waals surface area contributed by atoms with Crippen LogP contribution in [-0.4, -0.2) is 26.0 Å². The third-order valence-electron chi connectivity index (χ3n) is 2.76. The van der Waals surface area contributed by atoms with E-state index in [0.717, 1.165) is 0 Å². The van der Waals surface area contributed by atoms with Gasteiger partial charge in [0.15, 0.2) is 9.84 Å². The maximum Gasteiger partial charge on any atom is 0.287 e. The van der Waals surface area contributed by atoms with Crippen molar-refractivity contribution in [1.82, 2.24) is 0 Å². The zero-order chi connectivity index (χ0) is 13.8. The van der Waals surface area contributed by atoms with Crippen molar-refractivity contribution in [1.29, 1.82) is 0 Å². The predicted molar refractivity (Wildman–Crippen MR) is 67.3 cm³/mol. The molecule has 1 unspecified atom stereocenters. The molecule has 2 N–H and O–H groups in total. The lowest BCUT2D eigenvalue weighted by atomic mass is 10.1. The van der Waals surface area contributed by atoms with Crippen LogP contribution in [0.1, 0.15) is 18.9 Å². The Morgan fingerprint density at radius 2 is 1.83 bits per heavy atom. The van der Waals surface area contributed by atoms with Crippen molar-refractivity contribution in [3.8, 4) is 0 Å². The summed E-state index contributed by atoms with van der Waals surface area (Å²) in [5.74, 6) is -4.55. The van der Waals surface area contributed by atoms with E-state index in [1.54, 1.807) is 6.07 Å². The lowest BCUT2D eigenvalue weighted by Gasteiger charge is -2.19. The Labute approximate surface area is 106 Å². The molecule has 102 valence electrons. The van der Waals surface area contributed by atoms with Crippen LogP contribution < -0.4 is 5.73 Å². The largest absolute Gasteiger partial charge is 0.330 e. The second-order valence-corrected chi connectivity index (χ2v) is 6.68. The van der Waals surface area contributed by atoms with Crippen LogP contribution in [0.25, 0.3) is 0 Å². The fourth-order valence-electron chi connectivity index (χ4n) is 1.57. The quantitative estimate of drug-likeness (QED) is 0.864. The Hall–Kier alpha value is -1.01. The molecule has 1 rings (SSSR count). The van der Waals surface area contributed by atoms with Gasteiger partial charge in [0.2, 0.25) is 0 Å². The summed E-state index contributed by atoms with van der Waals surface area (Å²) in [5, 5.41) is -0.850. The highest BCUT2D eigenvalue weighted by atomic mass is 32.2. The van der Waals surface area contributed by atoms with E-state index < -0.39 is 26.8 Å². The molecule has 0 aliphatic heterocycles. The number of nitrogens with two attached hydrogens (primary N) is 1. The van der Waals surface area contributed by atoms with Crippen LogP contribution in [0.3, 0.4) is 0 Å². The Morgan fingerprint density at radius 1 is 1.28 bits per heavy atom. The molecule has 3 nitrogen and oxygen atoms in total.